The summed E-state index contributed by atoms with van der Waals surface area (Å²) in [4.78, 5) is 15.1. The molecule has 5 heterocycles. The van der Waals surface area contributed by atoms with Crippen LogP contribution in [-0.2, 0) is 0 Å². The highest BCUT2D eigenvalue weighted by atomic mass is 19.4. The zero-order valence-corrected chi connectivity index (χ0v) is 16.3. The number of nitrogens with one attached hydrogen (secondary N) is 3. The quantitative estimate of drug-likeness (QED) is 0.689. The van der Waals surface area contributed by atoms with Crippen molar-refractivity contribution in [2.45, 2.75) is 24.7 Å². The Hall–Kier alpha value is -2.79. The third kappa shape index (κ3) is 3.27. The maximum absolute atomic E-state index is 13.3. The number of aromatic nitrogens is 2. The van der Waals surface area contributed by atoms with Gasteiger partial charge in [0.2, 0.25) is 0 Å². The zero-order chi connectivity index (χ0) is 21.0. The molecule has 8 nitrogen and oxygen atoms in total. The van der Waals surface area contributed by atoms with Crippen molar-refractivity contribution < 1.29 is 18.0 Å². The van der Waals surface area contributed by atoms with E-state index in [1.165, 1.54) is 22.8 Å². The Bertz CT molecular complexity index is 1020. The van der Waals surface area contributed by atoms with Gasteiger partial charge in [-0.15, -0.1) is 5.10 Å². The van der Waals surface area contributed by atoms with Crippen molar-refractivity contribution in [1.82, 2.24) is 30.7 Å². The SMILES string of the molecule is CN1C=C(NC(=O)c2ccc3ccc(N4CC5CNCC4C5)nn23)C(C(F)(F)F)N1. The highest BCUT2D eigenvalue weighted by molar-refractivity contribution is 5.95. The van der Waals surface area contributed by atoms with Crippen LogP contribution in [0.25, 0.3) is 5.52 Å². The minimum absolute atomic E-state index is 0.184. The Morgan fingerprint density at radius 3 is 2.80 bits per heavy atom. The third-order valence-corrected chi connectivity index (χ3v) is 5.89. The van der Waals surface area contributed by atoms with Gasteiger partial charge in [0.1, 0.15) is 11.5 Å². The van der Waals surface area contributed by atoms with Crippen molar-refractivity contribution in [1.29, 1.82) is 0 Å². The Labute approximate surface area is 170 Å². The smallest absolute Gasteiger partial charge is 0.351 e. The molecular formula is C19H22F3N7O. The van der Waals surface area contributed by atoms with Crippen molar-refractivity contribution in [3.63, 3.8) is 0 Å². The van der Waals surface area contributed by atoms with E-state index in [1.54, 1.807) is 12.1 Å². The van der Waals surface area contributed by atoms with Gasteiger partial charge in [-0.1, -0.05) is 0 Å². The summed E-state index contributed by atoms with van der Waals surface area (Å²) in [5.74, 6) is 0.699. The van der Waals surface area contributed by atoms with E-state index in [2.05, 4.69) is 26.1 Å². The monoisotopic (exact) mass is 421 g/mol. The molecule has 2 saturated heterocycles. The molecule has 30 heavy (non-hydrogen) atoms. The fourth-order valence-electron chi connectivity index (χ4n) is 4.54. The molecule has 5 rings (SSSR count). The second kappa shape index (κ2) is 6.88. The number of hydrogen-bond acceptors (Lipinski definition) is 6. The number of carbonyl (C=O) groups is 1. The molecule has 11 heteroatoms. The van der Waals surface area contributed by atoms with Crippen LogP contribution < -0.4 is 21.0 Å². The highest BCUT2D eigenvalue weighted by Gasteiger charge is 2.46. The third-order valence-electron chi connectivity index (χ3n) is 5.89. The normalized spacial score (nSPS) is 26.4. The van der Waals surface area contributed by atoms with Crippen molar-refractivity contribution in [3.8, 4) is 0 Å². The first-order valence-electron chi connectivity index (χ1n) is 9.84. The molecule has 0 saturated carbocycles. The van der Waals surface area contributed by atoms with Crippen molar-refractivity contribution in [3.05, 3.63) is 41.9 Å². The van der Waals surface area contributed by atoms with Crippen LogP contribution in [0.1, 0.15) is 16.9 Å². The van der Waals surface area contributed by atoms with Crippen LogP contribution in [0.3, 0.4) is 0 Å². The summed E-state index contributed by atoms with van der Waals surface area (Å²) in [6, 6.07) is 5.50. The molecule has 3 aliphatic heterocycles. The lowest BCUT2D eigenvalue weighted by atomic mass is 10.0. The predicted molar refractivity (Wildman–Crippen MR) is 104 cm³/mol. The number of anilines is 1. The fraction of sp³-hybridized carbons (Fsp3) is 0.474. The summed E-state index contributed by atoms with van der Waals surface area (Å²) in [6.07, 6.45) is -2.19. The summed E-state index contributed by atoms with van der Waals surface area (Å²) in [6.45, 7) is 2.78. The number of hydrazine groups is 1. The first-order chi connectivity index (χ1) is 14.3. The largest absolute Gasteiger partial charge is 0.411 e. The number of nitrogens with zero attached hydrogens (tertiary/aromatic N) is 4. The molecule has 1 amide bonds. The topological polar surface area (TPSA) is 76.9 Å². The first kappa shape index (κ1) is 19.2. The maximum Gasteiger partial charge on any atom is 0.411 e. The number of halogens is 3. The van der Waals surface area contributed by atoms with Gasteiger partial charge in [0.25, 0.3) is 5.91 Å². The molecule has 2 aromatic rings. The van der Waals surface area contributed by atoms with E-state index in [9.17, 15) is 18.0 Å². The summed E-state index contributed by atoms with van der Waals surface area (Å²) in [5.41, 5.74) is 2.90. The molecule has 0 spiro atoms. The minimum Gasteiger partial charge on any atom is -0.351 e. The molecule has 3 atom stereocenters. The molecule has 0 aliphatic carbocycles. The van der Waals surface area contributed by atoms with Crippen LogP contribution >= 0.6 is 0 Å². The lowest BCUT2D eigenvalue weighted by Gasteiger charge is -2.25. The number of piperidine rings is 1. The van der Waals surface area contributed by atoms with Gasteiger partial charge in [0.05, 0.1) is 11.2 Å². The molecule has 0 aromatic carbocycles. The second-order valence-corrected chi connectivity index (χ2v) is 8.07. The van der Waals surface area contributed by atoms with Gasteiger partial charge in [0.15, 0.2) is 6.04 Å². The average molecular weight is 421 g/mol. The molecule has 2 aromatic heterocycles. The summed E-state index contributed by atoms with van der Waals surface area (Å²) < 4.78 is 41.3. The van der Waals surface area contributed by atoms with E-state index in [4.69, 9.17) is 0 Å². The van der Waals surface area contributed by atoms with Crippen molar-refractivity contribution >= 4 is 17.2 Å². The number of carbonyl (C=O) groups excluding carboxylic acids is 1. The summed E-state index contributed by atoms with van der Waals surface area (Å²) in [7, 11) is 1.44. The van der Waals surface area contributed by atoms with Crippen LogP contribution in [0.2, 0.25) is 0 Å². The van der Waals surface area contributed by atoms with E-state index >= 15 is 0 Å². The lowest BCUT2D eigenvalue weighted by molar-refractivity contribution is -0.151. The number of fused-ring (bicyclic) bond motifs is 3. The van der Waals surface area contributed by atoms with Gasteiger partial charge in [0, 0.05) is 32.4 Å². The zero-order valence-electron chi connectivity index (χ0n) is 16.3. The molecule has 3 unspecified atom stereocenters. The van der Waals surface area contributed by atoms with Gasteiger partial charge in [-0.2, -0.15) is 13.2 Å². The molecule has 2 bridgehead atoms. The van der Waals surface area contributed by atoms with E-state index in [1.807, 2.05) is 12.1 Å². The summed E-state index contributed by atoms with van der Waals surface area (Å²) in [5, 5.41) is 11.6. The number of alkyl halides is 3. The van der Waals surface area contributed by atoms with Crippen LogP contribution in [0.5, 0.6) is 0 Å². The molecular weight excluding hydrogens is 399 g/mol. The predicted octanol–water partition coefficient (Wildman–Crippen LogP) is 1.08. The van der Waals surface area contributed by atoms with Gasteiger partial charge >= 0.3 is 6.18 Å². The Morgan fingerprint density at radius 2 is 2.03 bits per heavy atom. The number of hydrogen-bond donors (Lipinski definition) is 3. The molecule has 0 radical (unpaired) electrons. The van der Waals surface area contributed by atoms with Gasteiger partial charge in [-0.25, -0.2) is 9.94 Å². The van der Waals surface area contributed by atoms with Crippen LogP contribution in [0.15, 0.2) is 36.2 Å². The van der Waals surface area contributed by atoms with Gasteiger partial charge < -0.3 is 20.5 Å². The van der Waals surface area contributed by atoms with Gasteiger partial charge in [-0.05, 0) is 43.1 Å². The van der Waals surface area contributed by atoms with Crippen molar-refractivity contribution in [2.24, 2.45) is 5.92 Å². The molecule has 160 valence electrons. The van der Waals surface area contributed by atoms with Crippen molar-refractivity contribution in [2.75, 3.05) is 31.6 Å². The number of amides is 1. The second-order valence-electron chi connectivity index (χ2n) is 8.07. The molecule has 3 N–H and O–H groups in total. The lowest BCUT2D eigenvalue weighted by Crippen LogP contribution is -2.47. The Balaban J connectivity index is 1.42. The standard InChI is InChI=1S/C19H22F3N7O/c1-27-10-14(17(26-27)19(20,21)22)24-18(30)15-4-2-12-3-5-16(25-29(12)15)28-9-11-6-13(28)8-23-7-11/h2-5,10-11,13,17,23,26H,6-9H2,1H3,(H,24,30). The van der Waals surface area contributed by atoms with E-state index in [0.717, 1.165) is 31.9 Å². The summed E-state index contributed by atoms with van der Waals surface area (Å²) >= 11 is 0. The maximum atomic E-state index is 13.3. The highest BCUT2D eigenvalue weighted by Crippen LogP contribution is 2.30. The van der Waals surface area contributed by atoms with E-state index < -0.39 is 18.1 Å². The Morgan fingerprint density at radius 1 is 1.23 bits per heavy atom. The average Bonchev–Trinajstić information content (AvgIpc) is 3.36. The van der Waals surface area contributed by atoms with E-state index in [0.29, 0.717) is 17.5 Å². The minimum atomic E-state index is -4.53. The van der Waals surface area contributed by atoms with Crippen LogP contribution in [-0.4, -0.2) is 65.5 Å². The van der Waals surface area contributed by atoms with Crippen LogP contribution in [0, 0.1) is 5.92 Å². The first-order valence-corrected chi connectivity index (χ1v) is 9.84. The Kier molecular flexibility index (Phi) is 4.40. The van der Waals surface area contributed by atoms with Gasteiger partial charge in [-0.3, -0.25) is 4.79 Å². The van der Waals surface area contributed by atoms with E-state index in [-0.39, 0.29) is 11.4 Å². The number of rotatable bonds is 3. The van der Waals surface area contributed by atoms with Crippen LogP contribution in [0.4, 0.5) is 19.0 Å². The molecule has 2 fully saturated rings. The molecule has 3 aliphatic rings. The fourth-order valence-corrected chi connectivity index (χ4v) is 4.54.